The van der Waals surface area contributed by atoms with Gasteiger partial charge in [-0.2, -0.15) is 0 Å². The highest BCUT2D eigenvalue weighted by atomic mass is 16.5. The Morgan fingerprint density at radius 1 is 0.745 bits per heavy atom. The van der Waals surface area contributed by atoms with E-state index in [0.717, 1.165) is 31.6 Å². The van der Waals surface area contributed by atoms with Gasteiger partial charge in [-0.05, 0) is 161 Å². The van der Waals surface area contributed by atoms with Crippen LogP contribution in [0, 0.1) is 56.7 Å². The summed E-state index contributed by atoms with van der Waals surface area (Å²) in [6, 6.07) is 0. The molecule has 0 saturated heterocycles. The van der Waals surface area contributed by atoms with E-state index in [4.69, 9.17) is 4.74 Å². The predicted molar refractivity (Wildman–Crippen MR) is 215 cm³/mol. The maximum atomic E-state index is 13.2. The summed E-state index contributed by atoms with van der Waals surface area (Å²) < 4.78 is 6.29. The first-order valence-electron chi connectivity index (χ1n) is 22.1. The Balaban J connectivity index is 1.12. The summed E-state index contributed by atoms with van der Waals surface area (Å²) >= 11 is 0. The van der Waals surface area contributed by atoms with Gasteiger partial charge in [-0.15, -0.1) is 0 Å². The fourth-order valence-electron chi connectivity index (χ4n) is 13.9. The van der Waals surface area contributed by atoms with Crippen molar-refractivity contribution < 1.29 is 14.6 Å². The van der Waals surface area contributed by atoms with Gasteiger partial charge in [-0.1, -0.05) is 110 Å². The Morgan fingerprint density at radius 3 is 2.14 bits per heavy atom. The molecule has 0 amide bonds. The van der Waals surface area contributed by atoms with Crippen molar-refractivity contribution in [3.8, 4) is 0 Å². The molecule has 0 aromatic carbocycles. The molecule has 5 aliphatic rings. The lowest BCUT2D eigenvalue weighted by molar-refractivity contribution is -0.250. The summed E-state index contributed by atoms with van der Waals surface area (Å²) in [6.07, 6.45) is 35.0. The number of carbonyl (C=O) groups is 1. The van der Waals surface area contributed by atoms with Crippen molar-refractivity contribution in [1.82, 2.24) is 0 Å². The first-order valence-corrected chi connectivity index (χ1v) is 22.1. The highest BCUT2D eigenvalue weighted by Crippen LogP contribution is 2.77. The van der Waals surface area contributed by atoms with E-state index in [1.807, 2.05) is 0 Å². The van der Waals surface area contributed by atoms with Gasteiger partial charge in [0.25, 0.3) is 0 Å². The molecule has 0 unspecified atom stereocenters. The van der Waals surface area contributed by atoms with Gasteiger partial charge in [0.2, 0.25) is 0 Å². The Bertz CT molecular complexity index is 1230. The third-order valence-corrected chi connectivity index (χ3v) is 17.1. The van der Waals surface area contributed by atoms with Crippen LogP contribution in [0.15, 0.2) is 36.5 Å². The van der Waals surface area contributed by atoms with Crippen LogP contribution in [0.3, 0.4) is 0 Å². The summed E-state index contributed by atoms with van der Waals surface area (Å²) in [5.74, 6) is 3.14. The zero-order valence-corrected chi connectivity index (χ0v) is 34.5. The summed E-state index contributed by atoms with van der Waals surface area (Å²) in [7, 11) is 0. The van der Waals surface area contributed by atoms with E-state index in [1.54, 1.807) is 0 Å². The van der Waals surface area contributed by atoms with Crippen LogP contribution in [0.2, 0.25) is 0 Å². The number of unbranched alkanes of at least 4 members (excludes halogenated alkanes) is 8. The molecule has 0 bridgehead atoms. The van der Waals surface area contributed by atoms with Crippen molar-refractivity contribution in [2.45, 2.75) is 196 Å². The smallest absolute Gasteiger partial charge is 0.305 e. The topological polar surface area (TPSA) is 46.5 Å². The van der Waals surface area contributed by atoms with Crippen LogP contribution in [-0.2, 0) is 9.53 Å². The molecule has 5 aliphatic carbocycles. The van der Waals surface area contributed by atoms with Crippen molar-refractivity contribution in [1.29, 1.82) is 0 Å². The SMILES string of the molecule is C=C(C)[C@@H]1CC[C@]2(COC(=O)CCCCCCC/C=C\C/C=C\CCCCC)CC[C@]3(C)[C@H](CC[C@@H]4[C@@]5(C)CC[C@H](O)C(C)(C)[C@@H]5CC[C@]43C)[C@@H]12. The first kappa shape index (κ1) is 40.8. The van der Waals surface area contributed by atoms with Gasteiger partial charge in [0.15, 0.2) is 0 Å². The van der Waals surface area contributed by atoms with Crippen molar-refractivity contribution >= 4 is 5.97 Å². The Kier molecular flexibility index (Phi) is 13.6. The fraction of sp³-hybridized carbons (Fsp3) is 0.854. The Morgan fingerprint density at radius 2 is 1.43 bits per heavy atom. The molecule has 3 heteroatoms. The molecule has 51 heavy (non-hydrogen) atoms. The van der Waals surface area contributed by atoms with Crippen molar-refractivity contribution in [3.63, 3.8) is 0 Å². The van der Waals surface area contributed by atoms with Gasteiger partial charge in [0.1, 0.15) is 0 Å². The van der Waals surface area contributed by atoms with Crippen LogP contribution in [-0.4, -0.2) is 23.8 Å². The van der Waals surface area contributed by atoms with E-state index < -0.39 is 0 Å². The molecular formula is C48H80O3. The van der Waals surface area contributed by atoms with E-state index in [0.29, 0.717) is 52.9 Å². The zero-order chi connectivity index (χ0) is 36.9. The van der Waals surface area contributed by atoms with Gasteiger partial charge in [-0.3, -0.25) is 4.79 Å². The fourth-order valence-corrected chi connectivity index (χ4v) is 13.9. The van der Waals surface area contributed by atoms with Crippen LogP contribution in [0.1, 0.15) is 190 Å². The summed E-state index contributed by atoms with van der Waals surface area (Å²) in [6.45, 7) is 22.5. The first-order chi connectivity index (χ1) is 24.3. The maximum absolute atomic E-state index is 13.2. The van der Waals surface area contributed by atoms with Crippen molar-refractivity contribution in [2.75, 3.05) is 6.61 Å². The second kappa shape index (κ2) is 17.0. The van der Waals surface area contributed by atoms with Crippen LogP contribution in [0.4, 0.5) is 0 Å². The number of hydrogen-bond acceptors (Lipinski definition) is 3. The van der Waals surface area contributed by atoms with Crippen LogP contribution < -0.4 is 0 Å². The van der Waals surface area contributed by atoms with Gasteiger partial charge in [-0.25, -0.2) is 0 Å². The summed E-state index contributed by atoms with van der Waals surface area (Å²) in [5, 5.41) is 11.1. The Hall–Kier alpha value is -1.35. The van der Waals surface area contributed by atoms with Crippen LogP contribution in [0.5, 0.6) is 0 Å². The predicted octanol–water partition coefficient (Wildman–Crippen LogP) is 13.4. The number of ether oxygens (including phenoxy) is 1. The van der Waals surface area contributed by atoms with Gasteiger partial charge in [0, 0.05) is 11.8 Å². The number of rotatable bonds is 17. The average Bonchev–Trinajstić information content (AvgIpc) is 3.48. The maximum Gasteiger partial charge on any atom is 0.305 e. The molecule has 10 atom stereocenters. The number of hydrogen-bond donors (Lipinski definition) is 1. The highest BCUT2D eigenvalue weighted by Gasteiger charge is 2.71. The van der Waals surface area contributed by atoms with Crippen molar-refractivity contribution in [2.24, 2.45) is 56.7 Å². The number of aliphatic hydroxyl groups excluding tert-OH is 1. The quantitative estimate of drug-likeness (QED) is 0.0931. The number of fused-ring (bicyclic) bond motifs is 7. The Labute approximate surface area is 315 Å². The molecule has 0 aromatic heterocycles. The minimum absolute atomic E-state index is 0.00360. The van der Waals surface area contributed by atoms with E-state index in [2.05, 4.69) is 79.3 Å². The van der Waals surface area contributed by atoms with Gasteiger partial charge in [0.05, 0.1) is 12.7 Å². The molecule has 3 nitrogen and oxygen atoms in total. The largest absolute Gasteiger partial charge is 0.465 e. The van der Waals surface area contributed by atoms with E-state index in [9.17, 15) is 9.90 Å². The molecule has 0 aliphatic heterocycles. The van der Waals surface area contributed by atoms with Gasteiger partial charge >= 0.3 is 5.97 Å². The number of carbonyl (C=O) groups excluding carboxylic acids is 1. The van der Waals surface area contributed by atoms with Crippen molar-refractivity contribution in [3.05, 3.63) is 36.5 Å². The minimum atomic E-state index is -0.172. The molecular weight excluding hydrogens is 625 g/mol. The lowest BCUT2D eigenvalue weighted by atomic mass is 9.32. The molecule has 5 fully saturated rings. The molecule has 0 aromatic rings. The van der Waals surface area contributed by atoms with E-state index in [1.165, 1.54) is 115 Å². The third kappa shape index (κ3) is 8.05. The third-order valence-electron chi connectivity index (χ3n) is 17.1. The summed E-state index contributed by atoms with van der Waals surface area (Å²) in [5.41, 5.74) is 2.37. The minimum Gasteiger partial charge on any atom is -0.465 e. The lowest BCUT2D eigenvalue weighted by Gasteiger charge is -2.73. The van der Waals surface area contributed by atoms with Crippen LogP contribution >= 0.6 is 0 Å². The number of esters is 1. The molecule has 0 radical (unpaired) electrons. The molecule has 1 N–H and O–H groups in total. The van der Waals surface area contributed by atoms with Crippen LogP contribution in [0.25, 0.3) is 0 Å². The second-order valence-electron chi connectivity index (χ2n) is 20.1. The number of aliphatic hydroxyl groups is 1. The molecule has 5 rings (SSSR count). The molecule has 5 saturated carbocycles. The van der Waals surface area contributed by atoms with E-state index in [-0.39, 0.29) is 22.9 Å². The molecule has 290 valence electrons. The summed E-state index contributed by atoms with van der Waals surface area (Å²) in [4.78, 5) is 13.2. The van der Waals surface area contributed by atoms with E-state index >= 15 is 0 Å². The normalized spacial score (nSPS) is 40.1. The highest BCUT2D eigenvalue weighted by molar-refractivity contribution is 5.69. The molecule has 0 heterocycles. The average molecular weight is 705 g/mol. The lowest BCUT2D eigenvalue weighted by Crippen LogP contribution is -2.66. The monoisotopic (exact) mass is 705 g/mol. The zero-order valence-electron chi connectivity index (χ0n) is 34.5. The second-order valence-corrected chi connectivity index (χ2v) is 20.1. The number of allylic oxidation sites excluding steroid dienone is 5. The van der Waals surface area contributed by atoms with Gasteiger partial charge < -0.3 is 9.84 Å². The standard InChI is InChI=1S/C48H80O3/c1-9-10-11-12-13-14-15-16-17-18-19-20-21-22-23-24-42(50)51-35-48-32-27-37(36(2)3)43(48)38-25-26-40-45(6)30-29-41(49)44(4,5)39(45)28-31-47(40,8)46(38,7)33-34-48/h13-14,16-17,37-41,43,49H,2,9-12,15,18-35H2,1,3-8H3/b14-13-,17-16-/t37-,38+,39-,40+,41-,43+,45-,46+,47+,48+/m0/s1. The molecule has 0 spiro atoms.